The van der Waals surface area contributed by atoms with Crippen LogP contribution in [0.15, 0.2) is 18.2 Å². The Kier molecular flexibility index (Phi) is 7.51. The first kappa shape index (κ1) is 19.8. The second kappa shape index (κ2) is 9.85. The molecule has 0 amide bonds. The van der Waals surface area contributed by atoms with Crippen molar-refractivity contribution in [2.45, 2.75) is 77.9 Å². The van der Waals surface area contributed by atoms with Crippen LogP contribution in [0.1, 0.15) is 82.1 Å². The van der Waals surface area contributed by atoms with E-state index in [0.29, 0.717) is 24.7 Å². The van der Waals surface area contributed by atoms with Crippen LogP contribution in [-0.4, -0.2) is 13.2 Å². The van der Waals surface area contributed by atoms with Gasteiger partial charge in [-0.15, -0.1) is 0 Å². The summed E-state index contributed by atoms with van der Waals surface area (Å²) in [5.74, 6) is 2.10. The molecular formula is C23H35FO2. The standard InChI is InChI=1S/C23H35FO2/c1-3-4-5-18-7-9-19(10-8-18)11-12-20-15-25-23(26-16-20)21-13-6-17(2)14-22(21)24/h6,13-14,18-20,23H,3-5,7-12,15-16H2,1-2H3. The summed E-state index contributed by atoms with van der Waals surface area (Å²) in [6.45, 7) is 5.55. The maximum Gasteiger partial charge on any atom is 0.186 e. The van der Waals surface area contributed by atoms with E-state index in [9.17, 15) is 4.39 Å². The van der Waals surface area contributed by atoms with E-state index in [1.165, 1.54) is 57.8 Å². The first-order valence-electron chi connectivity index (χ1n) is 10.6. The van der Waals surface area contributed by atoms with Gasteiger partial charge in [-0.2, -0.15) is 0 Å². The van der Waals surface area contributed by atoms with E-state index in [1.807, 2.05) is 13.0 Å². The van der Waals surface area contributed by atoms with Gasteiger partial charge in [-0.3, -0.25) is 0 Å². The normalized spacial score (nSPS) is 29.7. The van der Waals surface area contributed by atoms with Crippen LogP contribution in [0, 0.1) is 30.5 Å². The van der Waals surface area contributed by atoms with E-state index in [1.54, 1.807) is 12.1 Å². The van der Waals surface area contributed by atoms with Crippen LogP contribution in [0.5, 0.6) is 0 Å². The quantitative estimate of drug-likeness (QED) is 0.546. The van der Waals surface area contributed by atoms with Crippen molar-refractivity contribution < 1.29 is 13.9 Å². The predicted octanol–water partition coefficient (Wildman–Crippen LogP) is 6.57. The summed E-state index contributed by atoms with van der Waals surface area (Å²) in [4.78, 5) is 0. The summed E-state index contributed by atoms with van der Waals surface area (Å²) in [6, 6.07) is 5.24. The summed E-state index contributed by atoms with van der Waals surface area (Å²) < 4.78 is 25.7. The maximum absolute atomic E-state index is 14.1. The molecule has 0 bridgehead atoms. The van der Waals surface area contributed by atoms with Crippen molar-refractivity contribution in [3.05, 3.63) is 35.1 Å². The van der Waals surface area contributed by atoms with Crippen LogP contribution in [0.3, 0.4) is 0 Å². The molecule has 0 N–H and O–H groups in total. The van der Waals surface area contributed by atoms with Crippen molar-refractivity contribution >= 4 is 0 Å². The van der Waals surface area contributed by atoms with Crippen molar-refractivity contribution in [2.75, 3.05) is 13.2 Å². The van der Waals surface area contributed by atoms with E-state index in [4.69, 9.17) is 9.47 Å². The second-order valence-electron chi connectivity index (χ2n) is 8.50. The SMILES string of the molecule is CCCCC1CCC(CCC2COC(c3ccc(C)cc3F)OC2)CC1. The highest BCUT2D eigenvalue weighted by Crippen LogP contribution is 2.36. The molecule has 1 aromatic rings. The Hall–Kier alpha value is -0.930. The largest absolute Gasteiger partial charge is 0.348 e. The highest BCUT2D eigenvalue weighted by atomic mass is 19.1. The fourth-order valence-electron chi connectivity index (χ4n) is 4.49. The Morgan fingerprint density at radius 3 is 2.15 bits per heavy atom. The van der Waals surface area contributed by atoms with Gasteiger partial charge in [0.15, 0.2) is 6.29 Å². The Morgan fingerprint density at radius 1 is 0.923 bits per heavy atom. The minimum absolute atomic E-state index is 0.228. The van der Waals surface area contributed by atoms with Crippen LogP contribution >= 0.6 is 0 Å². The van der Waals surface area contributed by atoms with E-state index in [-0.39, 0.29) is 5.82 Å². The van der Waals surface area contributed by atoms with Crippen LogP contribution < -0.4 is 0 Å². The van der Waals surface area contributed by atoms with Gasteiger partial charge in [-0.05, 0) is 36.8 Å². The lowest BCUT2D eigenvalue weighted by atomic mass is 9.77. The third-order valence-electron chi connectivity index (χ3n) is 6.29. The monoisotopic (exact) mass is 362 g/mol. The molecule has 0 aromatic heterocycles. The average molecular weight is 363 g/mol. The smallest absolute Gasteiger partial charge is 0.186 e. The number of halogens is 1. The zero-order valence-electron chi connectivity index (χ0n) is 16.5. The summed E-state index contributed by atoms with van der Waals surface area (Å²) >= 11 is 0. The first-order valence-corrected chi connectivity index (χ1v) is 10.6. The zero-order valence-corrected chi connectivity index (χ0v) is 16.5. The third-order valence-corrected chi connectivity index (χ3v) is 6.29. The summed E-state index contributed by atoms with van der Waals surface area (Å²) in [7, 11) is 0. The zero-order chi connectivity index (χ0) is 18.4. The number of hydrogen-bond donors (Lipinski definition) is 0. The van der Waals surface area contributed by atoms with E-state index >= 15 is 0 Å². The summed E-state index contributed by atoms with van der Waals surface area (Å²) in [5, 5.41) is 0. The lowest BCUT2D eigenvalue weighted by molar-refractivity contribution is -0.207. The maximum atomic E-state index is 14.1. The topological polar surface area (TPSA) is 18.5 Å². The van der Waals surface area contributed by atoms with Gasteiger partial charge in [-0.1, -0.05) is 70.4 Å². The molecule has 1 aliphatic carbocycles. The molecule has 1 saturated carbocycles. The Labute approximate surface area is 158 Å². The number of unbranched alkanes of at least 4 members (excludes halogenated alkanes) is 1. The van der Waals surface area contributed by atoms with Gasteiger partial charge in [-0.25, -0.2) is 4.39 Å². The van der Waals surface area contributed by atoms with E-state index < -0.39 is 6.29 Å². The average Bonchev–Trinajstić information content (AvgIpc) is 2.66. The Morgan fingerprint density at radius 2 is 1.54 bits per heavy atom. The fourth-order valence-corrected chi connectivity index (χ4v) is 4.49. The molecule has 1 aliphatic heterocycles. The molecular weight excluding hydrogens is 327 g/mol. The van der Waals surface area contributed by atoms with Crippen molar-refractivity contribution in [2.24, 2.45) is 17.8 Å². The molecule has 2 nitrogen and oxygen atoms in total. The summed E-state index contributed by atoms with van der Waals surface area (Å²) in [5.41, 5.74) is 1.45. The molecule has 26 heavy (non-hydrogen) atoms. The number of aryl methyl sites for hydroxylation is 1. The molecule has 2 aliphatic rings. The van der Waals surface area contributed by atoms with Crippen molar-refractivity contribution in [3.63, 3.8) is 0 Å². The van der Waals surface area contributed by atoms with Crippen LogP contribution in [-0.2, 0) is 9.47 Å². The molecule has 146 valence electrons. The molecule has 0 radical (unpaired) electrons. The van der Waals surface area contributed by atoms with Gasteiger partial charge in [0.25, 0.3) is 0 Å². The van der Waals surface area contributed by atoms with E-state index in [0.717, 1.165) is 17.4 Å². The molecule has 3 heteroatoms. The molecule has 1 aromatic carbocycles. The predicted molar refractivity (Wildman–Crippen MR) is 103 cm³/mol. The molecule has 0 atom stereocenters. The fraction of sp³-hybridized carbons (Fsp3) is 0.739. The minimum atomic E-state index is -0.541. The molecule has 0 unspecified atom stereocenters. The number of benzene rings is 1. The number of rotatable bonds is 7. The lowest BCUT2D eigenvalue weighted by Gasteiger charge is -2.32. The van der Waals surface area contributed by atoms with Crippen LogP contribution in [0.4, 0.5) is 4.39 Å². The molecule has 3 rings (SSSR count). The van der Waals surface area contributed by atoms with Gasteiger partial charge in [0.05, 0.1) is 13.2 Å². The van der Waals surface area contributed by atoms with Gasteiger partial charge >= 0.3 is 0 Å². The molecule has 2 fully saturated rings. The lowest BCUT2D eigenvalue weighted by Crippen LogP contribution is -2.28. The second-order valence-corrected chi connectivity index (χ2v) is 8.50. The van der Waals surface area contributed by atoms with Crippen molar-refractivity contribution in [1.82, 2.24) is 0 Å². The highest BCUT2D eigenvalue weighted by molar-refractivity contribution is 5.24. The van der Waals surface area contributed by atoms with Gasteiger partial charge < -0.3 is 9.47 Å². The van der Waals surface area contributed by atoms with Gasteiger partial charge in [0, 0.05) is 11.5 Å². The van der Waals surface area contributed by atoms with Crippen LogP contribution in [0.25, 0.3) is 0 Å². The van der Waals surface area contributed by atoms with E-state index in [2.05, 4.69) is 6.92 Å². The Balaban J connectivity index is 1.36. The van der Waals surface area contributed by atoms with Gasteiger partial charge in [0.1, 0.15) is 5.82 Å². The molecule has 1 saturated heterocycles. The van der Waals surface area contributed by atoms with Crippen LogP contribution in [0.2, 0.25) is 0 Å². The van der Waals surface area contributed by atoms with Crippen molar-refractivity contribution in [1.29, 1.82) is 0 Å². The molecule has 0 spiro atoms. The Bertz CT molecular complexity index is 543. The third kappa shape index (κ3) is 5.53. The number of ether oxygens (including phenoxy) is 2. The highest BCUT2D eigenvalue weighted by Gasteiger charge is 2.27. The first-order chi connectivity index (χ1) is 12.7. The minimum Gasteiger partial charge on any atom is -0.348 e. The van der Waals surface area contributed by atoms with Crippen molar-refractivity contribution in [3.8, 4) is 0 Å². The van der Waals surface area contributed by atoms with Gasteiger partial charge in [0.2, 0.25) is 0 Å². The molecule has 1 heterocycles. The number of hydrogen-bond acceptors (Lipinski definition) is 2. The summed E-state index contributed by atoms with van der Waals surface area (Å²) in [6.07, 6.45) is 11.7.